The van der Waals surface area contributed by atoms with Crippen molar-refractivity contribution in [2.45, 2.75) is 31.0 Å². The number of aromatic nitrogens is 2. The molecule has 4 heterocycles. The highest BCUT2D eigenvalue weighted by molar-refractivity contribution is 6.39. The highest BCUT2D eigenvalue weighted by Gasteiger charge is 2.41. The molecule has 2 amide bonds. The normalized spacial score (nSPS) is 24.0. The number of aliphatic hydroxyl groups excluding tert-OH is 3. The number of amides is 2. The van der Waals surface area contributed by atoms with Crippen molar-refractivity contribution in [1.82, 2.24) is 14.9 Å². The lowest BCUT2D eigenvalue weighted by Crippen LogP contribution is -2.46. The van der Waals surface area contributed by atoms with Gasteiger partial charge >= 0.3 is 0 Å². The number of carbonyl (C=O) groups is 2. The summed E-state index contributed by atoms with van der Waals surface area (Å²) in [7, 11) is 0. The molecule has 1 fully saturated rings. The van der Waals surface area contributed by atoms with Crippen molar-refractivity contribution in [3.05, 3.63) is 59.2 Å². The number of aromatic amines is 1. The van der Waals surface area contributed by atoms with Crippen LogP contribution in [0.25, 0.3) is 43.6 Å². The summed E-state index contributed by atoms with van der Waals surface area (Å²) in [5.74, 6) is -2.50. The Morgan fingerprint density at radius 2 is 1.65 bits per heavy atom. The predicted octanol–water partition coefficient (Wildman–Crippen LogP) is 2.59. The molecule has 2 aliphatic heterocycles. The Morgan fingerprint density at radius 3 is 2.38 bits per heavy atom. The van der Waals surface area contributed by atoms with E-state index >= 15 is 0 Å². The highest BCUT2D eigenvalue weighted by atomic mass is 19.1. The zero-order chi connectivity index (χ0) is 25.7. The lowest BCUT2D eigenvalue weighted by atomic mass is 9.96. The van der Waals surface area contributed by atoms with E-state index in [1.807, 2.05) is 0 Å². The summed E-state index contributed by atoms with van der Waals surface area (Å²) in [6.45, 7) is -0.417. The third-order valence-electron chi connectivity index (χ3n) is 7.37. The molecule has 9 nitrogen and oxygen atoms in total. The van der Waals surface area contributed by atoms with Gasteiger partial charge in [0.15, 0.2) is 6.23 Å². The minimum Gasteiger partial charge on any atom is -0.394 e. The standard InChI is InChI=1S/C26H19F2N3O6/c27-9-1-3-14-12(5-9)17-19-20(25(36)30-24(19)35)18-13-6-10(28)2-4-15(13)31(22(18)21(17)29-14)26-23(34)16(33)7-11(8-32)37-26/h1-6,11,16,23,26,29,32-34H,7-8H2,(H,30,35,36). The number of ether oxygens (including phenoxy) is 1. The van der Waals surface area contributed by atoms with E-state index in [0.717, 1.165) is 0 Å². The molecule has 5 N–H and O–H groups in total. The fraction of sp³-hybridized carbons (Fsp3) is 0.231. The average molecular weight is 507 g/mol. The fourth-order valence-electron chi connectivity index (χ4n) is 5.85. The second-order valence-electron chi connectivity index (χ2n) is 9.48. The summed E-state index contributed by atoms with van der Waals surface area (Å²) >= 11 is 0. The Labute approximate surface area is 205 Å². The first-order valence-corrected chi connectivity index (χ1v) is 11.7. The Kier molecular flexibility index (Phi) is 4.56. The van der Waals surface area contributed by atoms with E-state index in [-0.39, 0.29) is 33.7 Å². The van der Waals surface area contributed by atoms with Crippen LogP contribution in [0.2, 0.25) is 0 Å². The second kappa shape index (κ2) is 7.56. The van der Waals surface area contributed by atoms with Crippen LogP contribution in [0.1, 0.15) is 33.4 Å². The molecule has 4 unspecified atom stereocenters. The molecule has 0 spiro atoms. The molecule has 2 aromatic heterocycles. The van der Waals surface area contributed by atoms with Gasteiger partial charge in [-0.2, -0.15) is 0 Å². The number of hydrogen-bond acceptors (Lipinski definition) is 6. The first-order valence-electron chi connectivity index (χ1n) is 11.7. The minimum absolute atomic E-state index is 0.00318. The van der Waals surface area contributed by atoms with Gasteiger partial charge < -0.3 is 29.6 Å². The Morgan fingerprint density at radius 1 is 0.973 bits per heavy atom. The van der Waals surface area contributed by atoms with Crippen LogP contribution in [-0.4, -0.2) is 61.6 Å². The molecule has 5 aromatic rings. The molecule has 3 aromatic carbocycles. The van der Waals surface area contributed by atoms with Gasteiger partial charge in [0.2, 0.25) is 0 Å². The van der Waals surface area contributed by atoms with Gasteiger partial charge in [-0.3, -0.25) is 14.9 Å². The summed E-state index contributed by atoms with van der Waals surface area (Å²) in [6, 6.07) is 7.87. The molecule has 0 bridgehead atoms. The van der Waals surface area contributed by atoms with Gasteiger partial charge in [-0.05, 0) is 36.4 Å². The van der Waals surface area contributed by atoms with Gasteiger partial charge in [0.1, 0.15) is 17.7 Å². The molecule has 37 heavy (non-hydrogen) atoms. The first-order chi connectivity index (χ1) is 17.8. The number of aliphatic hydroxyl groups is 3. The lowest BCUT2D eigenvalue weighted by molar-refractivity contribution is -0.202. The van der Waals surface area contributed by atoms with Crippen LogP contribution in [0.15, 0.2) is 36.4 Å². The van der Waals surface area contributed by atoms with E-state index in [9.17, 15) is 33.7 Å². The number of rotatable bonds is 2. The molecule has 4 atom stereocenters. The molecule has 0 radical (unpaired) electrons. The summed E-state index contributed by atoms with van der Waals surface area (Å²) < 4.78 is 36.4. The van der Waals surface area contributed by atoms with E-state index in [0.29, 0.717) is 27.5 Å². The van der Waals surface area contributed by atoms with Gasteiger partial charge in [0.05, 0.1) is 46.5 Å². The Hall–Kier alpha value is -3.90. The third-order valence-corrected chi connectivity index (χ3v) is 7.37. The molecular weight excluding hydrogens is 488 g/mol. The molecule has 188 valence electrons. The van der Waals surface area contributed by atoms with E-state index in [4.69, 9.17) is 4.74 Å². The molecule has 7 rings (SSSR count). The van der Waals surface area contributed by atoms with Gasteiger partial charge in [-0.25, -0.2) is 8.78 Å². The van der Waals surface area contributed by atoms with Crippen LogP contribution >= 0.6 is 0 Å². The number of carbonyl (C=O) groups excluding carboxylic acids is 2. The van der Waals surface area contributed by atoms with Crippen LogP contribution in [0.4, 0.5) is 8.78 Å². The van der Waals surface area contributed by atoms with E-state index in [1.165, 1.54) is 41.0 Å². The topological polar surface area (TPSA) is 137 Å². The number of benzene rings is 3. The number of imide groups is 1. The van der Waals surface area contributed by atoms with Crippen LogP contribution in [0.5, 0.6) is 0 Å². The van der Waals surface area contributed by atoms with Gasteiger partial charge in [-0.1, -0.05) is 0 Å². The van der Waals surface area contributed by atoms with Crippen LogP contribution in [0.3, 0.4) is 0 Å². The van der Waals surface area contributed by atoms with Crippen LogP contribution < -0.4 is 5.32 Å². The number of fused-ring (bicyclic) bond motifs is 10. The van der Waals surface area contributed by atoms with Crippen molar-refractivity contribution < 1.29 is 38.4 Å². The van der Waals surface area contributed by atoms with Gasteiger partial charge in [0.25, 0.3) is 11.8 Å². The molecule has 0 saturated carbocycles. The van der Waals surface area contributed by atoms with Crippen molar-refractivity contribution >= 4 is 55.4 Å². The highest BCUT2D eigenvalue weighted by Crippen LogP contribution is 2.46. The zero-order valence-electron chi connectivity index (χ0n) is 19.0. The van der Waals surface area contributed by atoms with E-state index in [1.54, 1.807) is 0 Å². The van der Waals surface area contributed by atoms with E-state index < -0.39 is 54.6 Å². The molecule has 1 saturated heterocycles. The van der Waals surface area contributed by atoms with Crippen LogP contribution in [-0.2, 0) is 4.74 Å². The second-order valence-corrected chi connectivity index (χ2v) is 9.48. The SMILES string of the molecule is O=C1NC(=O)c2c1c1c3cc(F)ccc3[nH]c1c1c2c2cc(F)ccc2n1C1OC(CO)CC(O)C1O. The number of H-pyrrole nitrogens is 1. The molecule has 2 aliphatic rings. The van der Waals surface area contributed by atoms with Crippen molar-refractivity contribution in [2.24, 2.45) is 0 Å². The van der Waals surface area contributed by atoms with E-state index in [2.05, 4.69) is 10.3 Å². The summed E-state index contributed by atoms with van der Waals surface area (Å²) in [5.41, 5.74) is 1.51. The van der Waals surface area contributed by atoms with Crippen molar-refractivity contribution in [3.63, 3.8) is 0 Å². The molecule has 0 aliphatic carbocycles. The number of nitrogens with one attached hydrogen (secondary N) is 2. The smallest absolute Gasteiger partial charge is 0.259 e. The molecular formula is C26H19F2N3O6. The fourth-order valence-corrected chi connectivity index (χ4v) is 5.85. The summed E-state index contributed by atoms with van der Waals surface area (Å²) in [6.07, 6.45) is -4.73. The predicted molar refractivity (Wildman–Crippen MR) is 128 cm³/mol. The Bertz CT molecular complexity index is 1830. The molecule has 11 heteroatoms. The number of nitrogens with zero attached hydrogens (tertiary/aromatic N) is 1. The maximum absolute atomic E-state index is 14.5. The monoisotopic (exact) mass is 507 g/mol. The number of hydrogen-bond donors (Lipinski definition) is 5. The zero-order valence-corrected chi connectivity index (χ0v) is 19.0. The quantitative estimate of drug-likeness (QED) is 0.233. The van der Waals surface area contributed by atoms with Crippen molar-refractivity contribution in [3.8, 4) is 0 Å². The van der Waals surface area contributed by atoms with Crippen LogP contribution in [0, 0.1) is 11.6 Å². The number of halogens is 2. The summed E-state index contributed by atoms with van der Waals surface area (Å²) in [4.78, 5) is 29.3. The van der Waals surface area contributed by atoms with Crippen molar-refractivity contribution in [2.75, 3.05) is 6.61 Å². The largest absolute Gasteiger partial charge is 0.394 e. The third kappa shape index (κ3) is 2.90. The van der Waals surface area contributed by atoms with Gasteiger partial charge in [0, 0.05) is 33.5 Å². The van der Waals surface area contributed by atoms with Gasteiger partial charge in [-0.15, -0.1) is 0 Å². The van der Waals surface area contributed by atoms with Crippen molar-refractivity contribution in [1.29, 1.82) is 0 Å². The maximum Gasteiger partial charge on any atom is 0.259 e. The maximum atomic E-state index is 14.5. The first kappa shape index (κ1) is 22.3. The minimum atomic E-state index is -1.44. The lowest BCUT2D eigenvalue weighted by Gasteiger charge is -2.38. The average Bonchev–Trinajstić information content (AvgIpc) is 3.49. The Balaban J connectivity index is 1.73. The summed E-state index contributed by atoms with van der Waals surface area (Å²) in [5, 5.41) is 34.7.